The van der Waals surface area contributed by atoms with Gasteiger partial charge in [-0.1, -0.05) is 11.3 Å². The molecule has 5 heterocycles. The summed E-state index contributed by atoms with van der Waals surface area (Å²) in [7, 11) is -2.35. The molecule has 0 atom stereocenters. The number of aliphatic carboxylic acids is 1. The second-order valence-corrected chi connectivity index (χ2v) is 18.5. The van der Waals surface area contributed by atoms with Gasteiger partial charge in [-0.2, -0.15) is 5.10 Å². The maximum atomic E-state index is 13.9. The highest BCUT2D eigenvalue weighted by molar-refractivity contribution is 7.90. The van der Waals surface area contributed by atoms with E-state index in [9.17, 15) is 18.0 Å². The maximum Gasteiger partial charge on any atom is 0.303 e. The predicted molar refractivity (Wildman–Crippen MR) is 209 cm³/mol. The number of carbonyl (C=O) groups is 2. The number of aromatic nitrogens is 7. The molecule has 288 valence electrons. The lowest BCUT2D eigenvalue weighted by molar-refractivity contribution is -0.137. The van der Waals surface area contributed by atoms with Crippen LogP contribution in [0.1, 0.15) is 79.5 Å². The number of nitrogens with zero attached hydrogens (tertiary/aromatic N) is 8. The number of nitrogens with one attached hydrogen (secondary N) is 2. The Morgan fingerprint density at radius 2 is 1.75 bits per heavy atom. The number of aryl methyl sites for hydroxylation is 1. The molecule has 0 aliphatic heterocycles. The molecule has 4 aliphatic rings. The van der Waals surface area contributed by atoms with Gasteiger partial charge in [-0.25, -0.2) is 28.1 Å². The Labute approximate surface area is 323 Å². The summed E-state index contributed by atoms with van der Waals surface area (Å²) in [4.78, 5) is 41.0. The van der Waals surface area contributed by atoms with Gasteiger partial charge in [0.1, 0.15) is 21.9 Å². The van der Waals surface area contributed by atoms with Crippen LogP contribution in [0.15, 0.2) is 42.7 Å². The van der Waals surface area contributed by atoms with Gasteiger partial charge in [0, 0.05) is 43.0 Å². The van der Waals surface area contributed by atoms with E-state index in [0.29, 0.717) is 33.7 Å². The molecule has 0 aromatic carbocycles. The Hall–Kier alpha value is -5.03. The van der Waals surface area contributed by atoms with Gasteiger partial charge in [-0.15, -0.1) is 10.2 Å². The summed E-state index contributed by atoms with van der Waals surface area (Å²) in [5.74, 6) is 1.43. The fourth-order valence-electron chi connectivity index (χ4n) is 9.31. The van der Waals surface area contributed by atoms with E-state index in [1.54, 1.807) is 36.5 Å². The first-order valence-electron chi connectivity index (χ1n) is 18.7. The number of thiazole rings is 1. The minimum absolute atomic E-state index is 0.0803. The molecule has 4 bridgehead atoms. The van der Waals surface area contributed by atoms with Crippen LogP contribution in [0, 0.1) is 37.0 Å². The second kappa shape index (κ2) is 14.6. The van der Waals surface area contributed by atoms with Crippen LogP contribution in [0.3, 0.4) is 0 Å². The Morgan fingerprint density at radius 1 is 1.00 bits per heavy atom. The van der Waals surface area contributed by atoms with Crippen LogP contribution in [0.4, 0.5) is 22.6 Å². The van der Waals surface area contributed by atoms with Crippen LogP contribution in [0.25, 0.3) is 21.5 Å². The molecule has 5 aromatic rings. The van der Waals surface area contributed by atoms with Gasteiger partial charge < -0.3 is 15.3 Å². The highest BCUT2D eigenvalue weighted by atomic mass is 32.2. The molecule has 0 saturated heterocycles. The minimum Gasteiger partial charge on any atom is -0.481 e. The minimum atomic E-state index is -4.10. The normalized spacial score (nSPS) is 21.5. The topological polar surface area (TPSA) is 198 Å². The summed E-state index contributed by atoms with van der Waals surface area (Å²) in [5.41, 5.74) is 3.76. The summed E-state index contributed by atoms with van der Waals surface area (Å²) in [6.07, 6.45) is 11.3. The van der Waals surface area contributed by atoms with Crippen molar-refractivity contribution in [2.45, 2.75) is 78.2 Å². The van der Waals surface area contributed by atoms with E-state index in [1.165, 1.54) is 49.9 Å². The van der Waals surface area contributed by atoms with Crippen LogP contribution in [0.2, 0.25) is 0 Å². The lowest BCUT2D eigenvalue weighted by Crippen LogP contribution is -2.48. The molecule has 4 fully saturated rings. The molecule has 9 rings (SSSR count). The van der Waals surface area contributed by atoms with Gasteiger partial charge in [-0.3, -0.25) is 14.3 Å². The number of carbonyl (C=O) groups excluding carboxylic acids is 1. The molecule has 15 nitrogen and oxygen atoms in total. The standard InChI is InChI=1S/C38H44N10O5S2/c1-22-13-31(44-45-34(22)43-37-41-29-7-6-11-39-36(29)54-37)47(3)30-10-9-27(33(42-30)35(51)46-55(52,53)12-5-4-8-32(49)50)28-20-40-48(23(28)2)21-38-17-24-14-25(18-38)16-26(15-24)19-38/h6-7,9-11,13,20,24-26H,4-5,8,12,14-19,21H2,1-3H3,(H,46,51)(H,49,50)(H,41,43,45). The van der Waals surface area contributed by atoms with Crippen molar-refractivity contribution in [1.82, 2.24) is 39.7 Å². The van der Waals surface area contributed by atoms with E-state index in [1.807, 2.05) is 32.0 Å². The molecule has 5 aromatic heterocycles. The lowest BCUT2D eigenvalue weighted by Gasteiger charge is -2.56. The summed E-state index contributed by atoms with van der Waals surface area (Å²) >= 11 is 1.41. The van der Waals surface area contributed by atoms with Crippen molar-refractivity contribution in [3.8, 4) is 11.1 Å². The van der Waals surface area contributed by atoms with Crippen molar-refractivity contribution in [1.29, 1.82) is 0 Å². The summed E-state index contributed by atoms with van der Waals surface area (Å²) in [5, 5.41) is 26.5. The summed E-state index contributed by atoms with van der Waals surface area (Å²) in [6, 6.07) is 9.08. The number of sulfonamides is 1. The number of pyridine rings is 2. The number of fused-ring (bicyclic) bond motifs is 1. The highest BCUT2D eigenvalue weighted by Gasteiger charge is 2.51. The number of anilines is 4. The molecular weight excluding hydrogens is 741 g/mol. The number of hydrogen-bond donors (Lipinski definition) is 3. The van der Waals surface area contributed by atoms with Gasteiger partial charge in [0.05, 0.1) is 11.9 Å². The molecule has 55 heavy (non-hydrogen) atoms. The van der Waals surface area contributed by atoms with Crippen molar-refractivity contribution in [2.24, 2.45) is 23.2 Å². The second-order valence-electron chi connectivity index (χ2n) is 15.7. The summed E-state index contributed by atoms with van der Waals surface area (Å²) < 4.78 is 30.4. The van der Waals surface area contributed by atoms with Crippen LogP contribution in [0.5, 0.6) is 0 Å². The quantitative estimate of drug-likeness (QED) is 0.105. The average Bonchev–Trinajstić information content (AvgIpc) is 3.71. The molecule has 4 saturated carbocycles. The zero-order valence-electron chi connectivity index (χ0n) is 31.0. The fraction of sp³-hybridized carbons (Fsp3) is 0.474. The molecular formula is C38H44N10O5S2. The van der Waals surface area contributed by atoms with Gasteiger partial charge in [0.25, 0.3) is 5.91 Å². The van der Waals surface area contributed by atoms with E-state index in [-0.39, 0.29) is 30.4 Å². The Balaban J connectivity index is 1.07. The number of unbranched alkanes of at least 4 members (excludes halogenated alkanes) is 1. The largest absolute Gasteiger partial charge is 0.481 e. The van der Waals surface area contributed by atoms with E-state index < -0.39 is 27.7 Å². The molecule has 4 aliphatic carbocycles. The van der Waals surface area contributed by atoms with Crippen LogP contribution in [-0.2, 0) is 21.4 Å². The SMILES string of the molecule is Cc1cc(N(C)c2ccc(-c3cnn(CC45CC6CC(CC(C6)C4)C5)c3C)c(C(=O)NS(=O)(=O)CCCCC(=O)O)n2)nnc1Nc1nc2cccnc2s1. The zero-order valence-corrected chi connectivity index (χ0v) is 32.7. The van der Waals surface area contributed by atoms with Crippen LogP contribution < -0.4 is 14.9 Å². The van der Waals surface area contributed by atoms with E-state index >= 15 is 0 Å². The monoisotopic (exact) mass is 784 g/mol. The van der Waals surface area contributed by atoms with Crippen molar-refractivity contribution in [2.75, 3.05) is 23.0 Å². The number of amides is 1. The number of carboxylic acids is 1. The molecule has 0 spiro atoms. The number of carboxylic acid groups (broad SMARTS) is 1. The molecule has 0 radical (unpaired) electrons. The van der Waals surface area contributed by atoms with Gasteiger partial charge in [0.15, 0.2) is 16.8 Å². The summed E-state index contributed by atoms with van der Waals surface area (Å²) in [6.45, 7) is 4.70. The zero-order chi connectivity index (χ0) is 38.5. The molecule has 1 amide bonds. The predicted octanol–water partition coefficient (Wildman–Crippen LogP) is 6.40. The first kappa shape index (κ1) is 36.9. The van der Waals surface area contributed by atoms with Crippen LogP contribution >= 0.6 is 11.3 Å². The molecule has 3 N–H and O–H groups in total. The van der Waals surface area contributed by atoms with E-state index in [0.717, 1.165) is 45.9 Å². The maximum absolute atomic E-state index is 13.9. The van der Waals surface area contributed by atoms with Gasteiger partial charge in [-0.05, 0) is 124 Å². The van der Waals surface area contributed by atoms with Crippen molar-refractivity contribution >= 4 is 66.2 Å². The van der Waals surface area contributed by atoms with Gasteiger partial charge in [0.2, 0.25) is 10.0 Å². The van der Waals surface area contributed by atoms with Gasteiger partial charge >= 0.3 is 5.97 Å². The third-order valence-electron chi connectivity index (χ3n) is 11.5. The average molecular weight is 785 g/mol. The highest BCUT2D eigenvalue weighted by Crippen LogP contribution is 2.60. The number of hydrogen-bond acceptors (Lipinski definition) is 13. The van der Waals surface area contributed by atoms with Crippen LogP contribution in [-0.4, -0.2) is 73.1 Å². The number of rotatable bonds is 14. The Bertz CT molecular complexity index is 2330. The Morgan fingerprint density at radius 3 is 2.44 bits per heavy atom. The molecule has 0 unspecified atom stereocenters. The van der Waals surface area contributed by atoms with Crippen molar-refractivity contribution < 1.29 is 23.1 Å². The first-order valence-corrected chi connectivity index (χ1v) is 21.2. The van der Waals surface area contributed by atoms with E-state index in [4.69, 9.17) is 15.2 Å². The Kier molecular flexibility index (Phi) is 9.77. The first-order chi connectivity index (χ1) is 26.3. The van der Waals surface area contributed by atoms with E-state index in [2.05, 4.69) is 34.9 Å². The third-order valence-corrected chi connectivity index (χ3v) is 13.7. The van der Waals surface area contributed by atoms with Crippen molar-refractivity contribution in [3.05, 3.63) is 59.7 Å². The fourth-order valence-corrected chi connectivity index (χ4v) is 11.2. The molecule has 17 heteroatoms. The smallest absolute Gasteiger partial charge is 0.303 e. The van der Waals surface area contributed by atoms with Crippen molar-refractivity contribution in [3.63, 3.8) is 0 Å². The third kappa shape index (κ3) is 7.76. The lowest BCUT2D eigenvalue weighted by atomic mass is 9.49.